The molecule has 2 aliphatic rings. The molecule has 11 rings (SSSR count). The number of benzene rings is 6. The van der Waals surface area contributed by atoms with Gasteiger partial charge in [0.15, 0.2) is 0 Å². The Labute approximate surface area is 314 Å². The standard InChI is InChI=1S/C46H26N6OS/c1-50-27-51-39-24-31(53-30-18-20-33-32-11-2-3-13-36(32)52(38(33)23-30)42-17-4-5-22-49-42)19-21-34(39)46(35-12-8-14-37(50)45(35)51)43-28(25-47)9-6-15-40(43)54-41-16-7-10-29(26-48)44(41)46/h2-24H,1H3. The lowest BCUT2D eigenvalue weighted by Gasteiger charge is -2.46. The van der Waals surface area contributed by atoms with Crippen LogP contribution in [0.1, 0.15) is 33.4 Å². The highest BCUT2D eigenvalue weighted by atomic mass is 32.2. The molecular weight excluding hydrogens is 685 g/mol. The molecule has 6 aromatic carbocycles. The molecule has 0 amide bonds. The first-order valence-corrected chi connectivity index (χ1v) is 18.4. The van der Waals surface area contributed by atoms with E-state index in [4.69, 9.17) is 9.72 Å². The number of aryl methyl sites for hydroxylation is 1. The number of pyridine rings is 1. The fourth-order valence-corrected chi connectivity index (χ4v) is 10.1. The van der Waals surface area contributed by atoms with Crippen LogP contribution in [0.4, 0.5) is 0 Å². The number of para-hydroxylation sites is 2. The molecule has 0 unspecified atom stereocenters. The highest BCUT2D eigenvalue weighted by Gasteiger charge is 2.51. The predicted molar refractivity (Wildman–Crippen MR) is 207 cm³/mol. The van der Waals surface area contributed by atoms with Crippen molar-refractivity contribution in [2.24, 2.45) is 7.05 Å². The number of fused-ring (bicyclic) bond motifs is 11. The van der Waals surface area contributed by atoms with Crippen molar-refractivity contribution < 1.29 is 9.30 Å². The molecule has 2 aliphatic heterocycles. The zero-order valence-corrected chi connectivity index (χ0v) is 29.6. The van der Waals surface area contributed by atoms with Gasteiger partial charge in [-0.3, -0.25) is 4.57 Å². The van der Waals surface area contributed by atoms with Gasteiger partial charge in [-0.15, -0.1) is 0 Å². The number of rotatable bonds is 3. The molecule has 0 radical (unpaired) electrons. The van der Waals surface area contributed by atoms with Crippen molar-refractivity contribution in [3.8, 4) is 35.1 Å². The van der Waals surface area contributed by atoms with E-state index in [1.807, 2.05) is 78.5 Å². The van der Waals surface area contributed by atoms with E-state index in [1.54, 1.807) is 11.8 Å². The molecule has 252 valence electrons. The summed E-state index contributed by atoms with van der Waals surface area (Å²) in [5.41, 5.74) is 8.78. The summed E-state index contributed by atoms with van der Waals surface area (Å²) in [5, 5.41) is 23.6. The molecule has 0 fully saturated rings. The van der Waals surface area contributed by atoms with Crippen molar-refractivity contribution in [2.75, 3.05) is 0 Å². The van der Waals surface area contributed by atoms with E-state index >= 15 is 0 Å². The number of nitriles is 2. The average Bonchev–Trinajstić information content (AvgIpc) is 3.74. The van der Waals surface area contributed by atoms with Crippen molar-refractivity contribution in [1.29, 1.82) is 10.5 Å². The molecule has 0 atom stereocenters. The third kappa shape index (κ3) is 3.95. The third-order valence-electron chi connectivity index (χ3n) is 10.9. The first kappa shape index (κ1) is 30.5. The zero-order chi connectivity index (χ0) is 36.1. The van der Waals surface area contributed by atoms with Crippen LogP contribution in [0, 0.1) is 29.0 Å². The molecule has 0 aliphatic carbocycles. The van der Waals surface area contributed by atoms with Crippen LogP contribution in [-0.4, -0.2) is 14.1 Å². The van der Waals surface area contributed by atoms with Crippen molar-refractivity contribution in [3.63, 3.8) is 0 Å². The Kier molecular flexibility index (Phi) is 6.32. The molecule has 5 heterocycles. The van der Waals surface area contributed by atoms with Crippen molar-refractivity contribution >= 4 is 44.6 Å². The Hall–Kier alpha value is -7.13. The van der Waals surface area contributed by atoms with Gasteiger partial charge in [0, 0.05) is 44.0 Å². The largest absolute Gasteiger partial charge is 0.458 e. The lowest BCUT2D eigenvalue weighted by atomic mass is 9.61. The second-order valence-electron chi connectivity index (χ2n) is 13.6. The maximum Gasteiger partial charge on any atom is 0.244 e. The number of nitrogens with zero attached hydrogens (tertiary/aromatic N) is 6. The number of aromatic nitrogens is 4. The van der Waals surface area contributed by atoms with Gasteiger partial charge in [0.1, 0.15) is 17.3 Å². The molecule has 7 nitrogen and oxygen atoms in total. The van der Waals surface area contributed by atoms with Gasteiger partial charge in [-0.1, -0.05) is 72.4 Å². The summed E-state index contributed by atoms with van der Waals surface area (Å²) in [5.74, 6) is 2.16. The van der Waals surface area contributed by atoms with Crippen LogP contribution in [0.3, 0.4) is 0 Å². The summed E-state index contributed by atoms with van der Waals surface area (Å²) in [6.07, 6.45) is 5.38. The topological polar surface area (TPSA) is 83.4 Å². The zero-order valence-electron chi connectivity index (χ0n) is 28.8. The van der Waals surface area contributed by atoms with E-state index in [9.17, 15) is 10.5 Å². The Balaban J connectivity index is 1.17. The Morgan fingerprint density at radius 2 is 1.41 bits per heavy atom. The van der Waals surface area contributed by atoms with Gasteiger partial charge >= 0.3 is 0 Å². The van der Waals surface area contributed by atoms with Crippen LogP contribution in [0.2, 0.25) is 0 Å². The Morgan fingerprint density at radius 3 is 2.17 bits per heavy atom. The molecule has 8 heteroatoms. The van der Waals surface area contributed by atoms with Crippen LogP contribution in [-0.2, 0) is 12.5 Å². The van der Waals surface area contributed by atoms with Crippen LogP contribution < -0.4 is 9.30 Å². The van der Waals surface area contributed by atoms with Crippen LogP contribution in [0.15, 0.2) is 149 Å². The van der Waals surface area contributed by atoms with Crippen molar-refractivity contribution in [3.05, 3.63) is 179 Å². The lowest BCUT2D eigenvalue weighted by Crippen LogP contribution is -2.39. The first-order valence-electron chi connectivity index (χ1n) is 17.6. The molecule has 0 saturated carbocycles. The normalized spacial score (nSPS) is 13.3. The maximum absolute atomic E-state index is 10.7. The van der Waals surface area contributed by atoms with E-state index < -0.39 is 5.41 Å². The monoisotopic (exact) mass is 710 g/mol. The Bertz CT molecular complexity index is 3100. The van der Waals surface area contributed by atoms with Gasteiger partial charge < -0.3 is 13.9 Å². The fraction of sp³-hybridized carbons (Fsp3) is 0.0435. The van der Waals surface area contributed by atoms with Crippen LogP contribution in [0.25, 0.3) is 44.3 Å². The van der Waals surface area contributed by atoms with Crippen molar-refractivity contribution in [2.45, 2.75) is 15.2 Å². The second kappa shape index (κ2) is 11.2. The lowest BCUT2D eigenvalue weighted by molar-refractivity contribution is -0.649. The van der Waals surface area contributed by atoms with Crippen LogP contribution in [0.5, 0.6) is 11.5 Å². The molecule has 3 aromatic heterocycles. The highest BCUT2D eigenvalue weighted by molar-refractivity contribution is 7.99. The van der Waals surface area contributed by atoms with E-state index in [0.717, 1.165) is 76.4 Å². The fourth-order valence-electron chi connectivity index (χ4n) is 8.85. The first-order chi connectivity index (χ1) is 26.6. The predicted octanol–water partition coefficient (Wildman–Crippen LogP) is 9.44. The quantitative estimate of drug-likeness (QED) is 0.135. The number of hydrogen-bond donors (Lipinski definition) is 0. The number of ether oxygens (including phenoxy) is 1. The molecule has 9 aromatic rings. The Morgan fingerprint density at radius 1 is 0.704 bits per heavy atom. The minimum absolute atomic E-state index is 0.576. The summed E-state index contributed by atoms with van der Waals surface area (Å²) in [6.45, 7) is 0. The summed E-state index contributed by atoms with van der Waals surface area (Å²) >= 11 is 1.61. The summed E-state index contributed by atoms with van der Waals surface area (Å²) < 4.78 is 13.0. The molecule has 0 bridgehead atoms. The summed E-state index contributed by atoms with van der Waals surface area (Å²) in [4.78, 5) is 6.67. The van der Waals surface area contributed by atoms with E-state index in [-0.39, 0.29) is 0 Å². The molecule has 54 heavy (non-hydrogen) atoms. The van der Waals surface area contributed by atoms with Crippen LogP contribution >= 0.6 is 11.8 Å². The van der Waals surface area contributed by atoms with E-state index in [2.05, 4.69) is 100 Å². The van der Waals surface area contributed by atoms with Gasteiger partial charge in [0.25, 0.3) is 0 Å². The van der Waals surface area contributed by atoms with Gasteiger partial charge in [-0.25, -0.2) is 4.98 Å². The summed E-state index contributed by atoms with van der Waals surface area (Å²) in [6, 6.07) is 49.8. The van der Waals surface area contributed by atoms with Gasteiger partial charge in [-0.2, -0.15) is 10.5 Å². The third-order valence-corrected chi connectivity index (χ3v) is 12.0. The molecule has 1 spiro atoms. The molecule has 0 N–H and O–H groups in total. The number of imidazole rings is 1. The SMILES string of the molecule is C[n+]1[c-]n2c3c(cccc31)C1(c3ccc(Oc4ccc5c6ccccc6n(-c6ccccn6)c5c4)cc3-2)c2c(C#N)cccc2Sc2cccc(C#N)c21. The maximum atomic E-state index is 10.7. The van der Waals surface area contributed by atoms with Gasteiger partial charge in [0.2, 0.25) is 6.33 Å². The molecular formula is C46H26N6OS. The average molecular weight is 711 g/mol. The van der Waals surface area contributed by atoms with E-state index in [1.165, 1.54) is 0 Å². The molecule has 0 saturated heterocycles. The number of hydrogen-bond acceptors (Lipinski definition) is 5. The van der Waals surface area contributed by atoms with E-state index in [0.29, 0.717) is 22.6 Å². The summed E-state index contributed by atoms with van der Waals surface area (Å²) in [7, 11) is 2.00. The minimum Gasteiger partial charge on any atom is -0.458 e. The van der Waals surface area contributed by atoms with Gasteiger partial charge in [0.05, 0.1) is 63.5 Å². The highest BCUT2D eigenvalue weighted by Crippen LogP contribution is 2.61. The van der Waals surface area contributed by atoms with Crippen molar-refractivity contribution in [1.82, 2.24) is 14.1 Å². The second-order valence-corrected chi connectivity index (χ2v) is 14.7. The van der Waals surface area contributed by atoms with Gasteiger partial charge in [-0.05, 0) is 77.9 Å². The minimum atomic E-state index is -0.973. The smallest absolute Gasteiger partial charge is 0.244 e.